The summed E-state index contributed by atoms with van der Waals surface area (Å²) in [6, 6.07) is 9.53. The van der Waals surface area contributed by atoms with Crippen molar-refractivity contribution in [1.29, 1.82) is 0 Å². The molecule has 2 heterocycles. The third kappa shape index (κ3) is 2.85. The smallest absolute Gasteiger partial charge is 0.303 e. The number of amides is 4. The first-order valence-electron chi connectivity index (χ1n) is 7.60. The van der Waals surface area contributed by atoms with Crippen LogP contribution in [0.1, 0.15) is 11.6 Å². The van der Waals surface area contributed by atoms with E-state index in [1.54, 1.807) is 0 Å². The molecule has 2 fully saturated rings. The number of hydrogen-bond donors (Lipinski definition) is 0. The highest BCUT2D eigenvalue weighted by atomic mass is 16.2. The quantitative estimate of drug-likeness (QED) is 0.595. The van der Waals surface area contributed by atoms with E-state index in [0.717, 1.165) is 35.0 Å². The predicted octanol–water partition coefficient (Wildman–Crippen LogP) is 0.353. The lowest BCUT2D eigenvalue weighted by atomic mass is 10.0. The number of carbonyl (C=O) groups excluding carboxylic acids is 3. The van der Waals surface area contributed by atoms with E-state index in [1.807, 2.05) is 30.3 Å². The average Bonchev–Trinajstić information content (AvgIpc) is 2.75. The van der Waals surface area contributed by atoms with Crippen LogP contribution in [0.25, 0.3) is 0 Å². The van der Waals surface area contributed by atoms with E-state index in [9.17, 15) is 14.4 Å². The van der Waals surface area contributed by atoms with Crippen molar-refractivity contribution in [3.8, 4) is 0 Å². The number of carbonyl (C=O) groups is 3. The van der Waals surface area contributed by atoms with E-state index in [2.05, 4.69) is 16.8 Å². The maximum absolute atomic E-state index is 12.1. The summed E-state index contributed by atoms with van der Waals surface area (Å²) in [6.45, 7) is 2.53. The maximum Gasteiger partial charge on any atom is 0.335 e. The van der Waals surface area contributed by atoms with Crippen molar-refractivity contribution >= 4 is 17.8 Å². The SMILES string of the molecule is CN1CCN(CN2C(=O)C(=O)N(C)C2=O)[C@@H](c2ccccc2)C1. The van der Waals surface area contributed by atoms with E-state index in [-0.39, 0.29) is 12.7 Å². The van der Waals surface area contributed by atoms with Crippen LogP contribution in [-0.4, -0.2) is 77.8 Å². The Morgan fingerprint density at radius 3 is 2.30 bits per heavy atom. The van der Waals surface area contributed by atoms with Gasteiger partial charge in [0.15, 0.2) is 0 Å². The molecule has 3 rings (SSSR count). The summed E-state index contributed by atoms with van der Waals surface area (Å²) >= 11 is 0. The monoisotopic (exact) mass is 316 g/mol. The highest BCUT2D eigenvalue weighted by Gasteiger charge is 2.43. The van der Waals surface area contributed by atoms with Gasteiger partial charge in [-0.1, -0.05) is 30.3 Å². The lowest BCUT2D eigenvalue weighted by Gasteiger charge is -2.41. The van der Waals surface area contributed by atoms with Crippen molar-refractivity contribution in [2.45, 2.75) is 6.04 Å². The van der Waals surface area contributed by atoms with Crippen LogP contribution in [0.4, 0.5) is 4.79 Å². The summed E-state index contributed by atoms with van der Waals surface area (Å²) < 4.78 is 0. The van der Waals surface area contributed by atoms with E-state index < -0.39 is 17.8 Å². The number of rotatable bonds is 3. The molecule has 0 bridgehead atoms. The molecule has 1 aromatic carbocycles. The second-order valence-electron chi connectivity index (χ2n) is 6.02. The second kappa shape index (κ2) is 6.10. The van der Waals surface area contributed by atoms with Crippen LogP contribution < -0.4 is 0 Å². The van der Waals surface area contributed by atoms with E-state index in [0.29, 0.717) is 0 Å². The van der Waals surface area contributed by atoms with Gasteiger partial charge in [-0.2, -0.15) is 0 Å². The fraction of sp³-hybridized carbons (Fsp3) is 0.438. The Kier molecular flexibility index (Phi) is 4.14. The molecule has 1 atom stereocenters. The van der Waals surface area contributed by atoms with Crippen LogP contribution in [0.15, 0.2) is 30.3 Å². The predicted molar refractivity (Wildman–Crippen MR) is 83.3 cm³/mol. The number of nitrogens with zero attached hydrogens (tertiary/aromatic N) is 4. The van der Waals surface area contributed by atoms with Crippen molar-refractivity contribution in [1.82, 2.24) is 19.6 Å². The molecular weight excluding hydrogens is 296 g/mol. The molecule has 0 spiro atoms. The molecule has 4 amide bonds. The first-order chi connectivity index (χ1) is 11.0. The summed E-state index contributed by atoms with van der Waals surface area (Å²) in [4.78, 5) is 41.9. The van der Waals surface area contributed by atoms with Gasteiger partial charge in [0.2, 0.25) is 0 Å². The zero-order chi connectivity index (χ0) is 16.6. The third-order valence-corrected chi connectivity index (χ3v) is 4.45. The van der Waals surface area contributed by atoms with Crippen molar-refractivity contribution < 1.29 is 14.4 Å². The number of hydrogen-bond acceptors (Lipinski definition) is 5. The van der Waals surface area contributed by atoms with Crippen LogP contribution in [0.2, 0.25) is 0 Å². The largest absolute Gasteiger partial charge is 0.335 e. The zero-order valence-electron chi connectivity index (χ0n) is 13.3. The number of likely N-dealkylation sites (N-methyl/N-ethyl adjacent to an activating group) is 2. The average molecular weight is 316 g/mol. The van der Waals surface area contributed by atoms with Crippen LogP contribution in [0, 0.1) is 0 Å². The molecule has 0 saturated carbocycles. The molecular formula is C16H20N4O3. The molecule has 7 nitrogen and oxygen atoms in total. The summed E-state index contributed by atoms with van der Waals surface area (Å²) in [5.41, 5.74) is 1.14. The summed E-state index contributed by atoms with van der Waals surface area (Å²) in [5.74, 6) is -1.51. The molecule has 0 unspecified atom stereocenters. The van der Waals surface area contributed by atoms with Crippen LogP contribution in [0.3, 0.4) is 0 Å². The van der Waals surface area contributed by atoms with Crippen molar-refractivity contribution in [3.63, 3.8) is 0 Å². The maximum atomic E-state index is 12.1. The van der Waals surface area contributed by atoms with Crippen molar-refractivity contribution in [3.05, 3.63) is 35.9 Å². The lowest BCUT2D eigenvalue weighted by Crippen LogP contribution is -2.51. The minimum Gasteiger partial charge on any atom is -0.303 e. The molecule has 0 aliphatic carbocycles. The molecule has 7 heteroatoms. The third-order valence-electron chi connectivity index (χ3n) is 4.45. The van der Waals surface area contributed by atoms with Gasteiger partial charge in [0.1, 0.15) is 0 Å². The number of urea groups is 1. The van der Waals surface area contributed by atoms with Crippen LogP contribution in [-0.2, 0) is 9.59 Å². The molecule has 2 aliphatic heterocycles. The van der Waals surface area contributed by atoms with Crippen molar-refractivity contribution in [2.75, 3.05) is 40.4 Å². The first-order valence-corrected chi connectivity index (χ1v) is 7.60. The molecule has 1 aromatic rings. The van der Waals surface area contributed by atoms with Gasteiger partial charge in [0.25, 0.3) is 0 Å². The number of piperazine rings is 1. The minimum absolute atomic E-state index is 0.0801. The van der Waals surface area contributed by atoms with Crippen LogP contribution in [0.5, 0.6) is 0 Å². The summed E-state index contributed by atoms with van der Waals surface area (Å²) in [6.07, 6.45) is 0. The Bertz CT molecular complexity index is 633. The van der Waals surface area contributed by atoms with Gasteiger partial charge in [-0.15, -0.1) is 0 Å². The lowest BCUT2D eigenvalue weighted by molar-refractivity contribution is -0.143. The molecule has 23 heavy (non-hydrogen) atoms. The Morgan fingerprint density at radius 2 is 1.70 bits per heavy atom. The minimum atomic E-state index is -0.764. The van der Waals surface area contributed by atoms with Gasteiger partial charge in [0.05, 0.1) is 6.67 Å². The Balaban J connectivity index is 1.81. The molecule has 0 N–H and O–H groups in total. The van der Waals surface area contributed by atoms with E-state index in [1.165, 1.54) is 7.05 Å². The molecule has 0 aromatic heterocycles. The highest BCUT2D eigenvalue weighted by Crippen LogP contribution is 2.26. The first kappa shape index (κ1) is 15.6. The molecule has 122 valence electrons. The van der Waals surface area contributed by atoms with E-state index >= 15 is 0 Å². The zero-order valence-corrected chi connectivity index (χ0v) is 13.3. The number of imide groups is 2. The Labute approximate surface area is 135 Å². The van der Waals surface area contributed by atoms with Gasteiger partial charge < -0.3 is 4.90 Å². The van der Waals surface area contributed by atoms with Gasteiger partial charge in [-0.3, -0.25) is 19.4 Å². The topological polar surface area (TPSA) is 64.2 Å². The molecule has 0 radical (unpaired) electrons. The molecule has 2 saturated heterocycles. The normalized spacial score (nSPS) is 23.9. The summed E-state index contributed by atoms with van der Waals surface area (Å²) in [5, 5.41) is 0. The van der Waals surface area contributed by atoms with Gasteiger partial charge in [0, 0.05) is 32.7 Å². The van der Waals surface area contributed by atoms with Gasteiger partial charge in [-0.05, 0) is 12.6 Å². The summed E-state index contributed by atoms with van der Waals surface area (Å²) in [7, 11) is 3.39. The Morgan fingerprint density at radius 1 is 1.00 bits per heavy atom. The fourth-order valence-corrected chi connectivity index (χ4v) is 3.04. The van der Waals surface area contributed by atoms with E-state index in [4.69, 9.17) is 0 Å². The second-order valence-corrected chi connectivity index (χ2v) is 6.02. The van der Waals surface area contributed by atoms with Crippen molar-refractivity contribution in [2.24, 2.45) is 0 Å². The molecule has 2 aliphatic rings. The fourth-order valence-electron chi connectivity index (χ4n) is 3.04. The number of benzene rings is 1. The standard InChI is InChI=1S/C16H20N4O3/c1-17-8-9-19(13(10-17)12-6-4-3-5-7-12)11-20-15(22)14(21)18(2)16(20)23/h3-7,13H,8-11H2,1-2H3/t13-/m1/s1. The van der Waals surface area contributed by atoms with Gasteiger partial charge in [-0.25, -0.2) is 9.69 Å². The van der Waals surface area contributed by atoms with Crippen LogP contribution >= 0.6 is 0 Å². The Hall–Kier alpha value is -2.25. The highest BCUT2D eigenvalue weighted by molar-refractivity contribution is 6.44. The van der Waals surface area contributed by atoms with Gasteiger partial charge >= 0.3 is 17.8 Å².